The lowest BCUT2D eigenvalue weighted by Gasteiger charge is -2.42. The van der Waals surface area contributed by atoms with E-state index < -0.39 is 11.7 Å². The predicted octanol–water partition coefficient (Wildman–Crippen LogP) is 6.09. The summed E-state index contributed by atoms with van der Waals surface area (Å²) >= 11 is 5.66. The van der Waals surface area contributed by atoms with Crippen LogP contribution in [-0.2, 0) is 19.1 Å². The van der Waals surface area contributed by atoms with Gasteiger partial charge in [-0.25, -0.2) is 4.79 Å². The third-order valence-corrected chi connectivity index (χ3v) is 6.95. The second-order valence-corrected chi connectivity index (χ2v) is 9.41. The van der Waals surface area contributed by atoms with Crippen molar-refractivity contribution in [1.82, 2.24) is 9.55 Å². The van der Waals surface area contributed by atoms with Gasteiger partial charge in [-0.2, -0.15) is 18.2 Å². The van der Waals surface area contributed by atoms with Crippen LogP contribution < -0.4 is 20.1 Å². The Balaban J connectivity index is 1.20. The number of nitrogens with zero attached hydrogens (tertiary/aromatic N) is 3. The summed E-state index contributed by atoms with van der Waals surface area (Å²) in [7, 11) is 0. The van der Waals surface area contributed by atoms with E-state index in [9.17, 15) is 18.0 Å². The minimum atomic E-state index is -4.56. The van der Waals surface area contributed by atoms with Crippen LogP contribution in [0.1, 0.15) is 36.8 Å². The van der Waals surface area contributed by atoms with E-state index in [4.69, 9.17) is 21.1 Å². The number of aromatic nitrogens is 2. The van der Waals surface area contributed by atoms with Crippen molar-refractivity contribution >= 4 is 17.4 Å². The predicted molar refractivity (Wildman–Crippen MR) is 130 cm³/mol. The molecular weight excluding hydrogens is 495 g/mol. The van der Waals surface area contributed by atoms with Crippen LogP contribution in [0, 0.1) is 0 Å². The lowest BCUT2D eigenvalue weighted by molar-refractivity contribution is -0.137. The second-order valence-electron chi connectivity index (χ2n) is 9.00. The number of benzene rings is 2. The first-order chi connectivity index (χ1) is 17.3. The average molecular weight is 520 g/mol. The number of piperidine rings is 1. The standard InChI is InChI=1S/C26H25ClF3N3O3/c27-22-9-8-20(15-21(22)26(28,29)30)36-19-6-4-17(5-7-19)11-14-35-23-16-24-32-12-2-1-3-18(32)10-13-33(24)25(34)31-23/h4-9,15-16,18H,1-3,10-14H2. The molecule has 1 fully saturated rings. The lowest BCUT2D eigenvalue weighted by Crippen LogP contribution is -2.47. The number of alkyl halides is 3. The van der Waals surface area contributed by atoms with E-state index in [2.05, 4.69) is 9.88 Å². The fourth-order valence-electron chi connectivity index (χ4n) is 4.79. The summed E-state index contributed by atoms with van der Waals surface area (Å²) in [5.74, 6) is 1.65. The van der Waals surface area contributed by atoms with Gasteiger partial charge < -0.3 is 14.4 Å². The van der Waals surface area contributed by atoms with Crippen molar-refractivity contribution in [3.05, 3.63) is 75.2 Å². The SMILES string of the molecule is O=c1nc(OCCc2ccc(Oc3ccc(Cl)c(C(F)(F)F)c3)cc2)cc2n1CCC1CCCCN21. The molecule has 3 heterocycles. The molecule has 0 bridgehead atoms. The van der Waals surface area contributed by atoms with Gasteiger partial charge in [0, 0.05) is 31.6 Å². The molecule has 0 radical (unpaired) electrons. The molecule has 0 amide bonds. The largest absolute Gasteiger partial charge is 0.477 e. The minimum absolute atomic E-state index is 0.0449. The Morgan fingerprint density at radius 3 is 2.56 bits per heavy atom. The Kier molecular flexibility index (Phi) is 6.83. The fourth-order valence-corrected chi connectivity index (χ4v) is 5.02. The monoisotopic (exact) mass is 519 g/mol. The molecular formula is C26H25ClF3N3O3. The number of anilines is 1. The van der Waals surface area contributed by atoms with E-state index in [0.717, 1.165) is 49.3 Å². The molecule has 2 aromatic carbocycles. The molecule has 1 aromatic heterocycles. The molecule has 36 heavy (non-hydrogen) atoms. The average Bonchev–Trinajstić information content (AvgIpc) is 2.85. The summed E-state index contributed by atoms with van der Waals surface area (Å²) in [5, 5.41) is -0.378. The molecule has 5 rings (SSSR count). The maximum absolute atomic E-state index is 13.1. The van der Waals surface area contributed by atoms with Crippen molar-refractivity contribution in [2.45, 2.75) is 50.9 Å². The van der Waals surface area contributed by atoms with Crippen LogP contribution in [0.3, 0.4) is 0 Å². The zero-order valence-corrected chi connectivity index (χ0v) is 20.2. The van der Waals surface area contributed by atoms with Crippen LogP contribution in [0.2, 0.25) is 5.02 Å². The second kappa shape index (κ2) is 10.0. The normalized spacial score (nSPS) is 17.3. The fraction of sp³-hybridized carbons (Fsp3) is 0.385. The van der Waals surface area contributed by atoms with Gasteiger partial charge in [-0.3, -0.25) is 4.57 Å². The Morgan fingerprint density at radius 1 is 1.00 bits per heavy atom. The van der Waals surface area contributed by atoms with Crippen LogP contribution in [0.4, 0.5) is 19.0 Å². The van der Waals surface area contributed by atoms with E-state index in [1.807, 2.05) is 18.2 Å². The third-order valence-electron chi connectivity index (χ3n) is 6.62. The number of rotatable bonds is 6. The molecule has 0 aliphatic carbocycles. The Hall–Kier alpha value is -3.20. The molecule has 2 aliphatic rings. The highest BCUT2D eigenvalue weighted by atomic mass is 35.5. The quantitative estimate of drug-likeness (QED) is 0.394. The minimum Gasteiger partial charge on any atom is -0.477 e. The zero-order valence-electron chi connectivity index (χ0n) is 19.4. The number of fused-ring (bicyclic) bond motifs is 3. The van der Waals surface area contributed by atoms with E-state index in [1.165, 1.54) is 12.5 Å². The number of halogens is 4. The Morgan fingerprint density at radius 2 is 1.78 bits per heavy atom. The molecule has 0 spiro atoms. The number of hydrogen-bond donors (Lipinski definition) is 0. The maximum Gasteiger partial charge on any atom is 0.417 e. The van der Waals surface area contributed by atoms with E-state index in [0.29, 0.717) is 37.2 Å². The zero-order chi connectivity index (χ0) is 25.3. The number of hydrogen-bond acceptors (Lipinski definition) is 5. The summed E-state index contributed by atoms with van der Waals surface area (Å²) in [5.41, 5.74) is -0.286. The molecule has 1 saturated heterocycles. The van der Waals surface area contributed by atoms with Crippen LogP contribution in [0.15, 0.2) is 53.3 Å². The van der Waals surface area contributed by atoms with Crippen molar-refractivity contribution < 1.29 is 22.6 Å². The summed E-state index contributed by atoms with van der Waals surface area (Å²) in [6.45, 7) is 1.95. The summed E-state index contributed by atoms with van der Waals surface area (Å²) in [4.78, 5) is 18.9. The molecule has 190 valence electrons. The first-order valence-electron chi connectivity index (χ1n) is 11.9. The first kappa shape index (κ1) is 24.5. The van der Waals surface area contributed by atoms with Gasteiger partial charge in [0.15, 0.2) is 0 Å². The van der Waals surface area contributed by atoms with Gasteiger partial charge in [0.2, 0.25) is 5.88 Å². The van der Waals surface area contributed by atoms with E-state index >= 15 is 0 Å². The molecule has 0 N–H and O–H groups in total. The van der Waals surface area contributed by atoms with Crippen molar-refractivity contribution in [3.8, 4) is 17.4 Å². The third kappa shape index (κ3) is 5.31. The number of ether oxygens (including phenoxy) is 2. The van der Waals surface area contributed by atoms with Crippen LogP contribution in [0.25, 0.3) is 0 Å². The van der Waals surface area contributed by atoms with Gasteiger partial charge in [-0.05, 0) is 61.6 Å². The molecule has 1 unspecified atom stereocenters. The maximum atomic E-state index is 13.1. The molecule has 0 saturated carbocycles. The van der Waals surface area contributed by atoms with Crippen LogP contribution in [-0.4, -0.2) is 28.7 Å². The topological polar surface area (TPSA) is 56.6 Å². The Labute approximate surface area is 211 Å². The molecule has 10 heteroatoms. The molecule has 3 aromatic rings. The highest BCUT2D eigenvalue weighted by Gasteiger charge is 2.33. The highest BCUT2D eigenvalue weighted by molar-refractivity contribution is 6.31. The Bertz CT molecular complexity index is 1290. The van der Waals surface area contributed by atoms with Crippen LogP contribution in [0.5, 0.6) is 17.4 Å². The van der Waals surface area contributed by atoms with Crippen molar-refractivity contribution in [2.24, 2.45) is 0 Å². The summed E-state index contributed by atoms with van der Waals surface area (Å²) in [6.07, 6.45) is 0.451. The van der Waals surface area contributed by atoms with Crippen molar-refractivity contribution in [1.29, 1.82) is 0 Å². The molecule has 1 atom stereocenters. The lowest BCUT2D eigenvalue weighted by atomic mass is 9.97. The summed E-state index contributed by atoms with van der Waals surface area (Å²) in [6, 6.07) is 12.7. The van der Waals surface area contributed by atoms with E-state index in [-0.39, 0.29) is 16.5 Å². The van der Waals surface area contributed by atoms with Gasteiger partial charge in [0.05, 0.1) is 17.2 Å². The van der Waals surface area contributed by atoms with Gasteiger partial charge in [-0.1, -0.05) is 23.7 Å². The highest BCUT2D eigenvalue weighted by Crippen LogP contribution is 2.38. The molecule has 2 aliphatic heterocycles. The van der Waals surface area contributed by atoms with E-state index in [1.54, 1.807) is 16.7 Å². The summed E-state index contributed by atoms with van der Waals surface area (Å²) < 4.78 is 52.3. The smallest absolute Gasteiger partial charge is 0.417 e. The van der Waals surface area contributed by atoms with Crippen molar-refractivity contribution in [2.75, 3.05) is 18.1 Å². The van der Waals surface area contributed by atoms with Gasteiger partial charge in [-0.15, -0.1) is 0 Å². The molecule has 6 nitrogen and oxygen atoms in total. The van der Waals surface area contributed by atoms with Gasteiger partial charge in [0.1, 0.15) is 17.3 Å². The van der Waals surface area contributed by atoms with Crippen molar-refractivity contribution in [3.63, 3.8) is 0 Å². The van der Waals surface area contributed by atoms with Gasteiger partial charge in [0.25, 0.3) is 0 Å². The first-order valence-corrected chi connectivity index (χ1v) is 12.3. The van der Waals surface area contributed by atoms with Crippen LogP contribution >= 0.6 is 11.6 Å². The van der Waals surface area contributed by atoms with Gasteiger partial charge >= 0.3 is 11.9 Å².